The summed E-state index contributed by atoms with van der Waals surface area (Å²) in [4.78, 5) is 33.0. The lowest BCUT2D eigenvalue weighted by Gasteiger charge is -2.38. The number of aliphatic carboxylic acids is 3. The van der Waals surface area contributed by atoms with E-state index in [1.807, 2.05) is 0 Å². The summed E-state index contributed by atoms with van der Waals surface area (Å²) in [5.74, 6) is -3.11. The number of quaternary nitrogens is 1. The van der Waals surface area contributed by atoms with Crippen LogP contribution in [-0.4, -0.2) is 58.8 Å². The topological polar surface area (TPSA) is 115 Å². The third kappa shape index (κ3) is 16.7. The van der Waals surface area contributed by atoms with Crippen molar-refractivity contribution in [2.45, 2.75) is 84.0 Å². The van der Waals surface area contributed by atoms with Gasteiger partial charge in [-0.05, 0) is 38.5 Å². The molecule has 0 heterocycles. The third-order valence-electron chi connectivity index (χ3n) is 5.28. The van der Waals surface area contributed by atoms with Gasteiger partial charge in [0.1, 0.15) is 0 Å². The van der Waals surface area contributed by atoms with Crippen LogP contribution in [0.5, 0.6) is 0 Å². The van der Waals surface area contributed by atoms with Crippen molar-refractivity contribution in [2.75, 3.05) is 26.2 Å². The van der Waals surface area contributed by atoms with Gasteiger partial charge in [-0.3, -0.25) is 9.59 Å². The maximum Gasteiger partial charge on any atom is 0.309 e. The molecule has 168 valence electrons. The lowest BCUT2D eigenvalue weighted by molar-refractivity contribution is -0.927. The number of rotatable bonds is 20. The van der Waals surface area contributed by atoms with Gasteiger partial charge in [0, 0.05) is 12.4 Å². The van der Waals surface area contributed by atoms with Crippen LogP contribution in [0.2, 0.25) is 0 Å². The highest BCUT2D eigenvalue weighted by Crippen LogP contribution is 2.16. The zero-order valence-electron chi connectivity index (χ0n) is 17.9. The zero-order valence-corrected chi connectivity index (χ0v) is 17.9. The van der Waals surface area contributed by atoms with Crippen LogP contribution in [0.3, 0.4) is 0 Å². The molecule has 7 heteroatoms. The molecule has 0 spiro atoms. The number of carbonyl (C=O) groups is 3. The van der Waals surface area contributed by atoms with Crippen molar-refractivity contribution >= 4 is 17.9 Å². The minimum absolute atomic E-state index is 0.104. The van der Waals surface area contributed by atoms with Gasteiger partial charge in [0.2, 0.25) is 0 Å². The van der Waals surface area contributed by atoms with Gasteiger partial charge in [-0.2, -0.15) is 0 Å². The van der Waals surface area contributed by atoms with Crippen LogP contribution >= 0.6 is 0 Å². The average molecular weight is 414 g/mol. The Bertz CT molecular complexity index is 458. The molecule has 7 nitrogen and oxygen atoms in total. The van der Waals surface area contributed by atoms with Crippen molar-refractivity contribution in [3.63, 3.8) is 0 Å². The number of allylic oxidation sites excluding steroid dienone is 2. The molecule has 0 aliphatic carbocycles. The SMILES string of the molecule is CCCCCC/C=C/CCCCC[N+](CCC(=O)[O-])(CCC(=O)O)CCC(=O)O. The predicted octanol–water partition coefficient (Wildman–Crippen LogP) is 2.98. The molecular weight excluding hydrogens is 374 g/mol. The fraction of sp³-hybridized carbons (Fsp3) is 0.773. The first kappa shape index (κ1) is 27.1. The van der Waals surface area contributed by atoms with E-state index in [9.17, 15) is 19.5 Å². The largest absolute Gasteiger partial charge is 0.550 e. The quantitative estimate of drug-likeness (QED) is 0.180. The molecule has 0 aliphatic rings. The van der Waals surface area contributed by atoms with Crippen LogP contribution in [0.4, 0.5) is 0 Å². The Morgan fingerprint density at radius 3 is 1.66 bits per heavy atom. The molecule has 0 unspecified atom stereocenters. The summed E-state index contributed by atoms with van der Waals surface area (Å²) in [6.07, 6.45) is 14.0. The molecule has 0 aromatic heterocycles. The standard InChI is InChI=1S/C22H39NO6/c1-2-3-4-5-6-7-8-9-10-11-12-16-23(17-13-20(24)25,18-14-21(26)27)19-15-22(28)29/h7-8H,2-6,9-19H2,1H3,(H2-,24,25,26,27,28,29)/b8-7+. The first-order valence-electron chi connectivity index (χ1n) is 10.9. The van der Waals surface area contributed by atoms with Crippen LogP contribution in [-0.2, 0) is 14.4 Å². The third-order valence-corrected chi connectivity index (χ3v) is 5.28. The van der Waals surface area contributed by atoms with Gasteiger partial charge in [0.05, 0.1) is 39.0 Å². The van der Waals surface area contributed by atoms with E-state index in [0.29, 0.717) is 6.54 Å². The average Bonchev–Trinajstić information content (AvgIpc) is 2.66. The summed E-state index contributed by atoms with van der Waals surface area (Å²) < 4.78 is 0.208. The number of unbranched alkanes of at least 4 members (excludes halogenated alkanes) is 7. The van der Waals surface area contributed by atoms with Crippen molar-refractivity contribution in [1.82, 2.24) is 0 Å². The Balaban J connectivity index is 4.48. The summed E-state index contributed by atoms with van der Waals surface area (Å²) >= 11 is 0. The molecule has 0 radical (unpaired) electrons. The fourth-order valence-electron chi connectivity index (χ4n) is 3.48. The summed E-state index contributed by atoms with van der Waals surface area (Å²) in [5, 5.41) is 29.0. The summed E-state index contributed by atoms with van der Waals surface area (Å²) in [7, 11) is 0. The predicted molar refractivity (Wildman–Crippen MR) is 110 cm³/mol. The molecule has 0 aromatic rings. The molecular formula is C22H39NO6. The maximum atomic E-state index is 11.0. The molecule has 29 heavy (non-hydrogen) atoms. The Kier molecular flexibility index (Phi) is 15.9. The normalized spacial score (nSPS) is 11.8. The highest BCUT2D eigenvalue weighted by atomic mass is 16.4. The summed E-state index contributed by atoms with van der Waals surface area (Å²) in [6.45, 7) is 3.49. The van der Waals surface area contributed by atoms with Gasteiger partial charge in [-0.1, -0.05) is 38.3 Å². The van der Waals surface area contributed by atoms with Gasteiger partial charge < -0.3 is 24.6 Å². The van der Waals surface area contributed by atoms with Crippen LogP contribution in [0.15, 0.2) is 12.2 Å². The molecule has 0 fully saturated rings. The second kappa shape index (κ2) is 17.0. The number of carboxylic acid groups (broad SMARTS) is 3. The maximum absolute atomic E-state index is 11.0. The molecule has 0 rings (SSSR count). The smallest absolute Gasteiger partial charge is 0.309 e. The zero-order chi connectivity index (χ0) is 22.0. The van der Waals surface area contributed by atoms with Gasteiger partial charge in [0.25, 0.3) is 0 Å². The number of hydrogen-bond acceptors (Lipinski definition) is 4. The molecule has 0 aromatic carbocycles. The Morgan fingerprint density at radius 1 is 0.724 bits per heavy atom. The Morgan fingerprint density at radius 2 is 1.21 bits per heavy atom. The van der Waals surface area contributed by atoms with Crippen molar-refractivity contribution in [2.24, 2.45) is 0 Å². The van der Waals surface area contributed by atoms with E-state index >= 15 is 0 Å². The molecule has 0 aliphatic heterocycles. The number of hydrogen-bond donors (Lipinski definition) is 2. The molecule has 0 saturated carbocycles. The first-order valence-corrected chi connectivity index (χ1v) is 10.9. The van der Waals surface area contributed by atoms with Crippen molar-refractivity contribution in [3.05, 3.63) is 12.2 Å². The van der Waals surface area contributed by atoms with E-state index in [1.165, 1.54) is 25.7 Å². The van der Waals surface area contributed by atoms with Gasteiger partial charge >= 0.3 is 11.9 Å². The Labute approximate surface area is 175 Å². The second-order valence-electron chi connectivity index (χ2n) is 7.82. The lowest BCUT2D eigenvalue weighted by Crippen LogP contribution is -2.53. The fourth-order valence-corrected chi connectivity index (χ4v) is 3.48. The van der Waals surface area contributed by atoms with Gasteiger partial charge in [-0.25, -0.2) is 0 Å². The van der Waals surface area contributed by atoms with Crippen LogP contribution < -0.4 is 5.11 Å². The van der Waals surface area contributed by atoms with Gasteiger partial charge in [-0.15, -0.1) is 0 Å². The van der Waals surface area contributed by atoms with Crippen molar-refractivity contribution < 1.29 is 34.2 Å². The molecule has 2 N–H and O–H groups in total. The highest BCUT2D eigenvalue weighted by molar-refractivity contribution is 5.67. The van der Waals surface area contributed by atoms with Crippen molar-refractivity contribution in [3.8, 4) is 0 Å². The molecule has 0 saturated heterocycles. The second-order valence-corrected chi connectivity index (χ2v) is 7.82. The highest BCUT2D eigenvalue weighted by Gasteiger charge is 2.28. The van der Waals surface area contributed by atoms with E-state index in [-0.39, 0.29) is 43.4 Å². The summed E-state index contributed by atoms with van der Waals surface area (Å²) in [6, 6.07) is 0. The van der Waals surface area contributed by atoms with Crippen LogP contribution in [0.25, 0.3) is 0 Å². The van der Waals surface area contributed by atoms with Crippen molar-refractivity contribution in [1.29, 1.82) is 0 Å². The van der Waals surface area contributed by atoms with Crippen LogP contribution in [0.1, 0.15) is 84.0 Å². The first-order chi connectivity index (χ1) is 13.8. The minimum Gasteiger partial charge on any atom is -0.550 e. The Hall–Kier alpha value is -1.89. The van der Waals surface area contributed by atoms with Crippen LogP contribution in [0, 0.1) is 0 Å². The number of nitrogens with zero attached hydrogens (tertiary/aromatic N) is 1. The van der Waals surface area contributed by atoms with E-state index in [1.54, 1.807) is 0 Å². The van der Waals surface area contributed by atoms with Gasteiger partial charge in [0.15, 0.2) is 0 Å². The minimum atomic E-state index is -1.19. The van der Waals surface area contributed by atoms with E-state index in [4.69, 9.17) is 10.2 Å². The molecule has 0 amide bonds. The summed E-state index contributed by atoms with van der Waals surface area (Å²) in [5.41, 5.74) is 0. The van der Waals surface area contributed by atoms with E-state index in [0.717, 1.165) is 32.1 Å². The van der Waals surface area contributed by atoms with E-state index in [2.05, 4.69) is 19.1 Å². The molecule has 0 bridgehead atoms. The monoisotopic (exact) mass is 413 g/mol. The molecule has 0 atom stereocenters. The van der Waals surface area contributed by atoms with E-state index < -0.39 is 17.9 Å². The number of carboxylic acids is 3. The number of carbonyl (C=O) groups excluding carboxylic acids is 1. The lowest BCUT2D eigenvalue weighted by atomic mass is 10.1.